The number of halogens is 2. The number of nitro benzene ring substituents is 1. The zero-order valence-corrected chi connectivity index (χ0v) is 9.25. The fraction of sp³-hybridized carbons (Fsp3) is 0.250. The van der Waals surface area contributed by atoms with E-state index in [1.54, 1.807) is 29.5 Å². The molecule has 0 heterocycles. The molecule has 0 amide bonds. The van der Waals surface area contributed by atoms with Crippen LogP contribution in [0.2, 0.25) is 0 Å². The highest BCUT2D eigenvalue weighted by molar-refractivity contribution is 14.1. The standard InChI is InChI=1S/C8H7FINO2/c1-4-3-6(9)7(10)5(2)8(4)11(12)13/h3H,1-2H3. The van der Waals surface area contributed by atoms with Crippen LogP contribution in [-0.2, 0) is 0 Å². The van der Waals surface area contributed by atoms with Crippen molar-refractivity contribution in [2.24, 2.45) is 0 Å². The molecule has 0 atom stereocenters. The van der Waals surface area contributed by atoms with Gasteiger partial charge in [0.15, 0.2) is 0 Å². The minimum atomic E-state index is -0.480. The van der Waals surface area contributed by atoms with E-state index in [1.165, 1.54) is 13.0 Å². The van der Waals surface area contributed by atoms with E-state index in [0.717, 1.165) is 0 Å². The SMILES string of the molecule is Cc1cc(F)c(I)c(C)c1[N+](=O)[O-]. The molecule has 0 aliphatic heterocycles. The molecule has 0 aromatic heterocycles. The van der Waals surface area contributed by atoms with Gasteiger partial charge < -0.3 is 0 Å². The highest BCUT2D eigenvalue weighted by Gasteiger charge is 2.19. The molecule has 0 aliphatic rings. The van der Waals surface area contributed by atoms with Crippen molar-refractivity contribution in [1.82, 2.24) is 0 Å². The fourth-order valence-electron chi connectivity index (χ4n) is 1.18. The van der Waals surface area contributed by atoms with Gasteiger partial charge in [-0.3, -0.25) is 10.1 Å². The van der Waals surface area contributed by atoms with Crippen molar-refractivity contribution >= 4 is 28.3 Å². The summed E-state index contributed by atoms with van der Waals surface area (Å²) in [5, 5.41) is 10.6. The lowest BCUT2D eigenvalue weighted by atomic mass is 10.1. The van der Waals surface area contributed by atoms with Gasteiger partial charge in [-0.1, -0.05) is 0 Å². The van der Waals surface area contributed by atoms with E-state index in [2.05, 4.69) is 0 Å². The zero-order chi connectivity index (χ0) is 10.2. The van der Waals surface area contributed by atoms with Crippen LogP contribution in [0.5, 0.6) is 0 Å². The van der Waals surface area contributed by atoms with E-state index in [1.807, 2.05) is 0 Å². The Balaban J connectivity index is 3.53. The maximum Gasteiger partial charge on any atom is 0.276 e. The Morgan fingerprint density at radius 2 is 2.08 bits per heavy atom. The topological polar surface area (TPSA) is 43.1 Å². The Kier molecular flexibility index (Phi) is 2.84. The summed E-state index contributed by atoms with van der Waals surface area (Å²) < 4.78 is 13.4. The first kappa shape index (κ1) is 10.4. The van der Waals surface area contributed by atoms with E-state index in [-0.39, 0.29) is 5.69 Å². The van der Waals surface area contributed by atoms with Gasteiger partial charge >= 0.3 is 0 Å². The number of aryl methyl sites for hydroxylation is 1. The fourth-order valence-corrected chi connectivity index (χ4v) is 1.59. The molecule has 0 aliphatic carbocycles. The van der Waals surface area contributed by atoms with Gasteiger partial charge in [0, 0.05) is 11.1 Å². The highest BCUT2D eigenvalue weighted by Crippen LogP contribution is 2.28. The smallest absolute Gasteiger partial charge is 0.258 e. The third-order valence-electron chi connectivity index (χ3n) is 1.79. The number of nitrogens with zero attached hydrogens (tertiary/aromatic N) is 1. The van der Waals surface area contributed by atoms with Gasteiger partial charge in [-0.25, -0.2) is 4.39 Å². The Bertz CT molecular complexity index is 379. The van der Waals surface area contributed by atoms with Crippen molar-refractivity contribution in [1.29, 1.82) is 0 Å². The van der Waals surface area contributed by atoms with E-state index >= 15 is 0 Å². The maximum absolute atomic E-state index is 13.1. The molecule has 0 saturated heterocycles. The normalized spacial score (nSPS) is 10.2. The van der Waals surface area contributed by atoms with E-state index in [0.29, 0.717) is 14.7 Å². The average Bonchev–Trinajstić information content (AvgIpc) is 1.99. The van der Waals surface area contributed by atoms with Crippen LogP contribution in [0.25, 0.3) is 0 Å². The predicted octanol–water partition coefficient (Wildman–Crippen LogP) is 2.96. The number of rotatable bonds is 1. The summed E-state index contributed by atoms with van der Waals surface area (Å²) in [5.41, 5.74) is 0.759. The van der Waals surface area contributed by atoms with Gasteiger partial charge in [0.25, 0.3) is 5.69 Å². The highest BCUT2D eigenvalue weighted by atomic mass is 127. The van der Waals surface area contributed by atoms with E-state index in [4.69, 9.17) is 0 Å². The molecule has 0 fully saturated rings. The Labute approximate surface area is 88.2 Å². The molecule has 0 N–H and O–H groups in total. The summed E-state index contributed by atoms with van der Waals surface area (Å²) in [6.45, 7) is 3.08. The number of benzene rings is 1. The quantitative estimate of drug-likeness (QED) is 0.454. The second kappa shape index (κ2) is 3.57. The van der Waals surface area contributed by atoms with Crippen molar-refractivity contribution in [3.63, 3.8) is 0 Å². The summed E-state index contributed by atoms with van der Waals surface area (Å²) in [6, 6.07) is 1.19. The molecule has 70 valence electrons. The Morgan fingerprint density at radius 1 is 1.54 bits per heavy atom. The maximum atomic E-state index is 13.1. The molecule has 0 unspecified atom stereocenters. The Morgan fingerprint density at radius 3 is 2.54 bits per heavy atom. The molecule has 1 aromatic rings. The van der Waals surface area contributed by atoms with Crippen LogP contribution in [0.1, 0.15) is 11.1 Å². The summed E-state index contributed by atoms with van der Waals surface area (Å²) >= 11 is 1.77. The van der Waals surface area contributed by atoms with Crippen molar-refractivity contribution in [3.8, 4) is 0 Å². The monoisotopic (exact) mass is 295 g/mol. The number of hydrogen-bond donors (Lipinski definition) is 0. The zero-order valence-electron chi connectivity index (χ0n) is 7.10. The third kappa shape index (κ3) is 1.79. The second-order valence-electron chi connectivity index (χ2n) is 2.72. The Hall–Kier alpha value is -0.720. The van der Waals surface area contributed by atoms with Crippen molar-refractivity contribution in [3.05, 3.63) is 36.7 Å². The van der Waals surface area contributed by atoms with Crippen molar-refractivity contribution < 1.29 is 9.31 Å². The van der Waals surface area contributed by atoms with Crippen LogP contribution in [0.3, 0.4) is 0 Å². The van der Waals surface area contributed by atoms with Crippen LogP contribution < -0.4 is 0 Å². The third-order valence-corrected chi connectivity index (χ3v) is 3.12. The molecule has 0 radical (unpaired) electrons. The van der Waals surface area contributed by atoms with Gasteiger partial charge in [-0.2, -0.15) is 0 Å². The number of hydrogen-bond acceptors (Lipinski definition) is 2. The van der Waals surface area contributed by atoms with Crippen LogP contribution >= 0.6 is 22.6 Å². The molecular weight excluding hydrogens is 288 g/mol. The van der Waals surface area contributed by atoms with Gasteiger partial charge in [0.1, 0.15) is 5.82 Å². The first-order valence-corrected chi connectivity index (χ1v) is 4.62. The lowest BCUT2D eigenvalue weighted by molar-refractivity contribution is -0.386. The van der Waals surface area contributed by atoms with Crippen LogP contribution in [-0.4, -0.2) is 4.92 Å². The van der Waals surface area contributed by atoms with E-state index < -0.39 is 10.7 Å². The first-order valence-electron chi connectivity index (χ1n) is 3.54. The van der Waals surface area contributed by atoms with Gasteiger partial charge in [0.2, 0.25) is 0 Å². The van der Waals surface area contributed by atoms with Gasteiger partial charge in [0.05, 0.1) is 8.49 Å². The van der Waals surface area contributed by atoms with Crippen molar-refractivity contribution in [2.75, 3.05) is 0 Å². The minimum absolute atomic E-state index is 0.00537. The summed E-state index contributed by atoms with van der Waals surface area (Å²) in [7, 11) is 0. The van der Waals surface area contributed by atoms with E-state index in [9.17, 15) is 14.5 Å². The van der Waals surface area contributed by atoms with Gasteiger partial charge in [-0.05, 0) is 42.5 Å². The predicted molar refractivity (Wildman–Crippen MR) is 55.2 cm³/mol. The molecule has 13 heavy (non-hydrogen) atoms. The summed E-state index contributed by atoms with van der Waals surface area (Å²) in [6.07, 6.45) is 0. The first-order chi connectivity index (χ1) is 5.95. The largest absolute Gasteiger partial charge is 0.276 e. The molecule has 0 spiro atoms. The molecule has 0 saturated carbocycles. The van der Waals surface area contributed by atoms with Crippen LogP contribution in [0.15, 0.2) is 6.07 Å². The lowest BCUT2D eigenvalue weighted by Gasteiger charge is -2.04. The molecule has 3 nitrogen and oxygen atoms in total. The second-order valence-corrected chi connectivity index (χ2v) is 3.80. The average molecular weight is 295 g/mol. The molecule has 1 aromatic carbocycles. The summed E-state index contributed by atoms with van der Waals surface area (Å²) in [5.74, 6) is -0.402. The summed E-state index contributed by atoms with van der Waals surface area (Å²) in [4.78, 5) is 10.1. The van der Waals surface area contributed by atoms with Crippen molar-refractivity contribution in [2.45, 2.75) is 13.8 Å². The van der Waals surface area contributed by atoms with Gasteiger partial charge in [-0.15, -0.1) is 0 Å². The molecular formula is C8H7FINO2. The minimum Gasteiger partial charge on any atom is -0.258 e. The number of nitro groups is 1. The van der Waals surface area contributed by atoms with Crippen LogP contribution in [0.4, 0.5) is 10.1 Å². The molecule has 0 bridgehead atoms. The van der Waals surface area contributed by atoms with Crippen LogP contribution in [0, 0.1) is 33.3 Å². The lowest BCUT2D eigenvalue weighted by Crippen LogP contribution is -1.99. The molecule has 1 rings (SSSR count). The molecule has 5 heteroatoms.